The molecule has 2 heterocycles. The third kappa shape index (κ3) is 7.22. The average Bonchev–Trinajstić information content (AvgIpc) is 3.46. The van der Waals surface area contributed by atoms with Gasteiger partial charge in [-0.3, -0.25) is 9.59 Å². The van der Waals surface area contributed by atoms with Crippen molar-refractivity contribution >= 4 is 34.2 Å². The van der Waals surface area contributed by atoms with Gasteiger partial charge in [-0.05, 0) is 85.8 Å². The highest BCUT2D eigenvalue weighted by Crippen LogP contribution is 2.24. The predicted molar refractivity (Wildman–Crippen MR) is 163 cm³/mol. The molecule has 0 spiro atoms. The molecule has 2 aliphatic rings. The fourth-order valence-corrected chi connectivity index (χ4v) is 6.27. The van der Waals surface area contributed by atoms with Crippen LogP contribution < -0.4 is 10.6 Å². The van der Waals surface area contributed by atoms with Crippen molar-refractivity contribution in [2.24, 2.45) is 0 Å². The number of hydrogen-bond acceptors (Lipinski definition) is 4. The summed E-state index contributed by atoms with van der Waals surface area (Å²) in [5.41, 5.74) is 1.91. The van der Waals surface area contributed by atoms with Gasteiger partial charge in [0.1, 0.15) is 0 Å². The number of fused-ring (bicyclic) bond motifs is 1. The van der Waals surface area contributed by atoms with E-state index in [0.717, 1.165) is 56.2 Å². The average molecular weight is 561 g/mol. The van der Waals surface area contributed by atoms with E-state index in [-0.39, 0.29) is 23.9 Å². The van der Waals surface area contributed by atoms with Crippen LogP contribution >= 0.6 is 11.6 Å². The van der Waals surface area contributed by atoms with Crippen LogP contribution in [0.2, 0.25) is 5.02 Å². The van der Waals surface area contributed by atoms with Crippen molar-refractivity contribution in [2.45, 2.75) is 57.0 Å². The van der Waals surface area contributed by atoms with Crippen LogP contribution in [0.5, 0.6) is 0 Å². The van der Waals surface area contributed by atoms with Gasteiger partial charge in [0.15, 0.2) is 0 Å². The molecule has 2 amide bonds. The molecule has 212 valence electrons. The van der Waals surface area contributed by atoms with Crippen LogP contribution in [-0.2, 0) is 4.79 Å². The number of amides is 2. The van der Waals surface area contributed by atoms with Crippen molar-refractivity contribution in [3.8, 4) is 0 Å². The van der Waals surface area contributed by atoms with Crippen LogP contribution in [0.15, 0.2) is 66.7 Å². The maximum Gasteiger partial charge on any atom is 0.251 e. The van der Waals surface area contributed by atoms with Gasteiger partial charge in [0.05, 0.1) is 6.04 Å². The van der Waals surface area contributed by atoms with E-state index in [9.17, 15) is 9.59 Å². The molecule has 5 rings (SSSR count). The lowest BCUT2D eigenvalue weighted by molar-refractivity contribution is -0.133. The molecule has 3 aromatic rings. The normalized spacial score (nSPS) is 20.9. The molecule has 40 heavy (non-hydrogen) atoms. The fourth-order valence-electron chi connectivity index (χ4n) is 6.09. The highest BCUT2D eigenvalue weighted by molar-refractivity contribution is 6.31. The van der Waals surface area contributed by atoms with Gasteiger partial charge in [-0.1, -0.05) is 61.0 Å². The zero-order valence-electron chi connectivity index (χ0n) is 23.4. The van der Waals surface area contributed by atoms with Gasteiger partial charge in [-0.15, -0.1) is 0 Å². The van der Waals surface area contributed by atoms with E-state index in [1.807, 2.05) is 42.5 Å². The Balaban J connectivity index is 1.25. The molecule has 0 unspecified atom stereocenters. The van der Waals surface area contributed by atoms with Crippen molar-refractivity contribution < 1.29 is 9.59 Å². The molecule has 3 atom stereocenters. The number of carbonyl (C=O) groups is 2. The predicted octanol–water partition coefficient (Wildman–Crippen LogP) is 5.46. The maximum atomic E-state index is 13.8. The number of rotatable bonds is 10. The molecule has 0 bridgehead atoms. The summed E-state index contributed by atoms with van der Waals surface area (Å²) in [5, 5.41) is 9.45. The Kier molecular flexibility index (Phi) is 9.74. The maximum absolute atomic E-state index is 13.8. The minimum absolute atomic E-state index is 0.0255. The van der Waals surface area contributed by atoms with E-state index in [1.54, 1.807) is 0 Å². The molecule has 6 nitrogen and oxygen atoms in total. The first kappa shape index (κ1) is 28.6. The van der Waals surface area contributed by atoms with Gasteiger partial charge in [-0.25, -0.2) is 0 Å². The monoisotopic (exact) mass is 560 g/mol. The Hall–Kier alpha value is -2.93. The number of halogens is 1. The standard InChI is InChI=1S/C33H41ClN4O2/c1-2-24(25-8-4-3-5-9-25)23-38-19-14-30(36-31(33(38)40)15-18-37-16-6-7-17-37)22-35-32(39)28-11-10-27-21-29(34)13-12-26(27)20-28/h3-5,8-13,20-21,24,30-31,36H,2,6-7,14-19,22-23H2,1H3,(H,35,39)/t24-,30+,31+/m1/s1. The number of likely N-dealkylation sites (tertiary alicyclic amines) is 1. The van der Waals surface area contributed by atoms with E-state index >= 15 is 0 Å². The number of nitrogens with one attached hydrogen (secondary N) is 2. The summed E-state index contributed by atoms with van der Waals surface area (Å²) in [4.78, 5) is 31.5. The number of benzene rings is 3. The first-order valence-electron chi connectivity index (χ1n) is 14.8. The van der Waals surface area contributed by atoms with E-state index in [0.29, 0.717) is 29.6 Å². The lowest BCUT2D eigenvalue weighted by Crippen LogP contribution is -2.50. The third-order valence-electron chi connectivity index (χ3n) is 8.50. The van der Waals surface area contributed by atoms with Crippen LogP contribution in [0.1, 0.15) is 60.9 Å². The van der Waals surface area contributed by atoms with E-state index in [1.165, 1.54) is 18.4 Å². The summed E-state index contributed by atoms with van der Waals surface area (Å²) < 4.78 is 0. The van der Waals surface area contributed by atoms with Crippen LogP contribution in [0.4, 0.5) is 0 Å². The molecule has 2 saturated heterocycles. The Morgan fingerprint density at radius 1 is 1.02 bits per heavy atom. The molecule has 0 radical (unpaired) electrons. The topological polar surface area (TPSA) is 64.7 Å². The Morgan fingerprint density at radius 2 is 1.77 bits per heavy atom. The van der Waals surface area contributed by atoms with Gasteiger partial charge in [-0.2, -0.15) is 0 Å². The second-order valence-corrected chi connectivity index (χ2v) is 11.7. The first-order chi connectivity index (χ1) is 19.5. The summed E-state index contributed by atoms with van der Waals surface area (Å²) in [5.74, 6) is 0.397. The molecule has 7 heteroatoms. The van der Waals surface area contributed by atoms with E-state index in [4.69, 9.17) is 11.6 Å². The summed E-state index contributed by atoms with van der Waals surface area (Å²) in [6.45, 7) is 7.25. The van der Waals surface area contributed by atoms with Crippen molar-refractivity contribution in [3.05, 3.63) is 82.9 Å². The Bertz CT molecular complexity index is 1290. The Labute approximate surface area is 243 Å². The number of carbonyl (C=O) groups excluding carboxylic acids is 2. The first-order valence-corrected chi connectivity index (χ1v) is 15.2. The van der Waals surface area contributed by atoms with Crippen molar-refractivity contribution in [1.82, 2.24) is 20.4 Å². The Morgan fingerprint density at radius 3 is 2.55 bits per heavy atom. The van der Waals surface area contributed by atoms with Gasteiger partial charge in [0, 0.05) is 48.7 Å². The molecule has 2 aliphatic heterocycles. The molecular formula is C33H41ClN4O2. The lowest BCUT2D eigenvalue weighted by atomic mass is 9.95. The van der Waals surface area contributed by atoms with Gasteiger partial charge in [0.25, 0.3) is 5.91 Å². The summed E-state index contributed by atoms with van der Waals surface area (Å²) in [7, 11) is 0. The largest absolute Gasteiger partial charge is 0.350 e. The third-order valence-corrected chi connectivity index (χ3v) is 8.74. The zero-order valence-corrected chi connectivity index (χ0v) is 24.2. The van der Waals surface area contributed by atoms with E-state index < -0.39 is 0 Å². The summed E-state index contributed by atoms with van der Waals surface area (Å²) in [6.07, 6.45) is 5.05. The molecule has 0 aromatic heterocycles. The molecule has 2 N–H and O–H groups in total. The number of hydrogen-bond donors (Lipinski definition) is 2. The zero-order chi connectivity index (χ0) is 27.9. The van der Waals surface area contributed by atoms with Crippen LogP contribution in [0.25, 0.3) is 10.8 Å². The van der Waals surface area contributed by atoms with Gasteiger partial charge in [0.2, 0.25) is 5.91 Å². The molecule has 0 aliphatic carbocycles. The summed E-state index contributed by atoms with van der Waals surface area (Å²) >= 11 is 6.11. The highest BCUT2D eigenvalue weighted by atomic mass is 35.5. The van der Waals surface area contributed by atoms with Crippen LogP contribution in [-0.4, -0.2) is 73.0 Å². The minimum atomic E-state index is -0.247. The quantitative estimate of drug-likeness (QED) is 0.345. The highest BCUT2D eigenvalue weighted by Gasteiger charge is 2.32. The second-order valence-electron chi connectivity index (χ2n) is 11.3. The summed E-state index contributed by atoms with van der Waals surface area (Å²) in [6, 6.07) is 21.7. The number of nitrogens with zero attached hydrogens (tertiary/aromatic N) is 2. The van der Waals surface area contributed by atoms with Crippen molar-refractivity contribution in [3.63, 3.8) is 0 Å². The smallest absolute Gasteiger partial charge is 0.251 e. The minimum Gasteiger partial charge on any atom is -0.350 e. The van der Waals surface area contributed by atoms with Crippen molar-refractivity contribution in [1.29, 1.82) is 0 Å². The molecule has 0 saturated carbocycles. The van der Waals surface area contributed by atoms with Crippen LogP contribution in [0, 0.1) is 0 Å². The van der Waals surface area contributed by atoms with Crippen molar-refractivity contribution in [2.75, 3.05) is 39.3 Å². The SMILES string of the molecule is CC[C@H](CN1CC[C@@H](CNC(=O)c2ccc3cc(Cl)ccc3c2)N[C@@H](CCN2CCCC2)C1=O)c1ccccc1. The van der Waals surface area contributed by atoms with Gasteiger partial charge >= 0.3 is 0 Å². The molecule has 3 aromatic carbocycles. The van der Waals surface area contributed by atoms with Gasteiger partial charge < -0.3 is 20.4 Å². The molecular weight excluding hydrogens is 520 g/mol. The molecule has 2 fully saturated rings. The second kappa shape index (κ2) is 13.6. The van der Waals surface area contributed by atoms with E-state index in [2.05, 4.69) is 51.6 Å². The lowest BCUT2D eigenvalue weighted by Gasteiger charge is -2.29. The van der Waals surface area contributed by atoms with Crippen LogP contribution in [0.3, 0.4) is 0 Å². The fraction of sp³-hybridized carbons (Fsp3) is 0.455.